The lowest BCUT2D eigenvalue weighted by Crippen LogP contribution is -2.22. The zero-order valence-electron chi connectivity index (χ0n) is 11.9. The van der Waals surface area contributed by atoms with Crippen molar-refractivity contribution in [1.29, 1.82) is 0 Å². The molecule has 21 heavy (non-hydrogen) atoms. The van der Waals surface area contributed by atoms with Crippen molar-refractivity contribution in [3.05, 3.63) is 70.8 Å². The Hall–Kier alpha value is -2.17. The molecule has 0 aliphatic rings. The average Bonchev–Trinajstić information content (AvgIpc) is 2.54. The number of carbonyl (C=O) groups excluding carboxylic acids is 1. The van der Waals surface area contributed by atoms with Crippen LogP contribution in [0.4, 0.5) is 0 Å². The van der Waals surface area contributed by atoms with Crippen LogP contribution in [-0.4, -0.2) is 17.6 Å². The minimum absolute atomic E-state index is 0.00436. The fraction of sp³-hybridized carbons (Fsp3) is 0.235. The van der Waals surface area contributed by atoms with Gasteiger partial charge in [0.15, 0.2) is 0 Å². The van der Waals surface area contributed by atoms with E-state index < -0.39 is 0 Å². The monoisotopic (exact) mass is 284 g/mol. The van der Waals surface area contributed by atoms with Crippen molar-refractivity contribution in [1.82, 2.24) is 5.32 Å². The molecule has 2 rings (SSSR count). The Balaban J connectivity index is 1.94. The highest BCUT2D eigenvalue weighted by Gasteiger charge is 2.05. The van der Waals surface area contributed by atoms with Crippen molar-refractivity contribution >= 4 is 5.91 Å². The summed E-state index contributed by atoms with van der Waals surface area (Å²) >= 11 is 0. The van der Waals surface area contributed by atoms with Crippen LogP contribution in [0.5, 0.6) is 0 Å². The van der Waals surface area contributed by atoms with Crippen molar-refractivity contribution in [2.75, 3.05) is 6.54 Å². The van der Waals surface area contributed by atoms with Crippen LogP contribution >= 0.6 is 0 Å². The Bertz CT molecular complexity index is 594. The largest absolute Gasteiger partial charge is 0.392 e. The van der Waals surface area contributed by atoms with Crippen LogP contribution < -0.4 is 11.1 Å². The molecule has 4 N–H and O–H groups in total. The number of hydrogen-bond acceptors (Lipinski definition) is 3. The third-order valence-corrected chi connectivity index (χ3v) is 3.28. The van der Waals surface area contributed by atoms with Crippen molar-refractivity contribution in [2.45, 2.75) is 19.6 Å². The lowest BCUT2D eigenvalue weighted by molar-refractivity contribution is 0.0951. The molecule has 0 aromatic heterocycles. The molecule has 2 aromatic rings. The second kappa shape index (κ2) is 7.57. The molecule has 0 spiro atoms. The number of rotatable bonds is 6. The molecule has 4 nitrogen and oxygen atoms in total. The van der Waals surface area contributed by atoms with E-state index in [4.69, 9.17) is 10.8 Å². The van der Waals surface area contributed by atoms with Gasteiger partial charge >= 0.3 is 0 Å². The van der Waals surface area contributed by atoms with Gasteiger partial charge in [-0.3, -0.25) is 4.79 Å². The second-order valence-electron chi connectivity index (χ2n) is 4.90. The average molecular weight is 284 g/mol. The standard InChI is InChI=1S/C17H20N2O2/c18-9-8-13-4-6-16(7-5-13)17(21)19-11-14-2-1-3-15(10-14)12-20/h1-7,10,20H,8-9,11-12,18H2,(H,19,21). The molecule has 0 bridgehead atoms. The number of hydrogen-bond donors (Lipinski definition) is 3. The van der Waals surface area contributed by atoms with Gasteiger partial charge in [0, 0.05) is 12.1 Å². The Morgan fingerprint density at radius 3 is 2.43 bits per heavy atom. The Morgan fingerprint density at radius 2 is 1.76 bits per heavy atom. The van der Waals surface area contributed by atoms with E-state index in [1.165, 1.54) is 0 Å². The van der Waals surface area contributed by atoms with E-state index in [1.54, 1.807) is 0 Å². The number of nitrogens with one attached hydrogen (secondary N) is 1. The number of aliphatic hydroxyl groups is 1. The quantitative estimate of drug-likeness (QED) is 0.754. The van der Waals surface area contributed by atoms with Gasteiger partial charge < -0.3 is 16.2 Å². The Kier molecular flexibility index (Phi) is 5.49. The molecule has 0 saturated carbocycles. The summed E-state index contributed by atoms with van der Waals surface area (Å²) in [5.41, 5.74) is 9.07. The third-order valence-electron chi connectivity index (χ3n) is 3.28. The molecule has 110 valence electrons. The smallest absolute Gasteiger partial charge is 0.251 e. The second-order valence-corrected chi connectivity index (χ2v) is 4.90. The molecule has 4 heteroatoms. The molecular weight excluding hydrogens is 264 g/mol. The first-order valence-corrected chi connectivity index (χ1v) is 6.99. The summed E-state index contributed by atoms with van der Waals surface area (Å²) in [5.74, 6) is -0.108. The minimum atomic E-state index is -0.108. The van der Waals surface area contributed by atoms with Crippen LogP contribution in [0.1, 0.15) is 27.0 Å². The van der Waals surface area contributed by atoms with Gasteiger partial charge in [-0.2, -0.15) is 0 Å². The Morgan fingerprint density at radius 1 is 1.05 bits per heavy atom. The van der Waals surface area contributed by atoms with Gasteiger partial charge in [0.1, 0.15) is 0 Å². The molecule has 0 heterocycles. The van der Waals surface area contributed by atoms with Gasteiger partial charge in [0.2, 0.25) is 0 Å². The van der Waals surface area contributed by atoms with E-state index >= 15 is 0 Å². The lowest BCUT2D eigenvalue weighted by atomic mass is 10.1. The van der Waals surface area contributed by atoms with Crippen LogP contribution in [0.2, 0.25) is 0 Å². The van der Waals surface area contributed by atoms with Crippen molar-refractivity contribution in [3.63, 3.8) is 0 Å². The molecular formula is C17H20N2O2. The molecule has 0 aliphatic carbocycles. The zero-order valence-corrected chi connectivity index (χ0v) is 11.9. The molecule has 0 unspecified atom stereocenters. The highest BCUT2D eigenvalue weighted by atomic mass is 16.3. The molecule has 0 atom stereocenters. The number of carbonyl (C=O) groups is 1. The maximum Gasteiger partial charge on any atom is 0.251 e. The highest BCUT2D eigenvalue weighted by molar-refractivity contribution is 5.94. The summed E-state index contributed by atoms with van der Waals surface area (Å²) in [7, 11) is 0. The minimum Gasteiger partial charge on any atom is -0.392 e. The number of amides is 1. The van der Waals surface area contributed by atoms with Gasteiger partial charge in [0.25, 0.3) is 5.91 Å². The predicted molar refractivity (Wildman–Crippen MR) is 82.7 cm³/mol. The van der Waals surface area contributed by atoms with E-state index in [0.717, 1.165) is 23.1 Å². The Labute approximate surface area is 124 Å². The van der Waals surface area contributed by atoms with Gasteiger partial charge in [-0.25, -0.2) is 0 Å². The first-order valence-electron chi connectivity index (χ1n) is 6.99. The van der Waals surface area contributed by atoms with Gasteiger partial charge in [-0.05, 0) is 41.8 Å². The van der Waals surface area contributed by atoms with E-state index in [2.05, 4.69) is 5.32 Å². The van der Waals surface area contributed by atoms with E-state index in [-0.39, 0.29) is 12.5 Å². The SMILES string of the molecule is NCCc1ccc(C(=O)NCc2cccc(CO)c2)cc1. The van der Waals surface area contributed by atoms with E-state index in [0.29, 0.717) is 18.7 Å². The first kappa shape index (κ1) is 15.2. The van der Waals surface area contributed by atoms with Crippen molar-refractivity contribution in [3.8, 4) is 0 Å². The first-order chi connectivity index (χ1) is 10.2. The molecule has 0 aliphatic heterocycles. The summed E-state index contributed by atoms with van der Waals surface area (Å²) in [6.07, 6.45) is 0.815. The normalized spacial score (nSPS) is 10.4. The van der Waals surface area contributed by atoms with Crippen molar-refractivity contribution < 1.29 is 9.90 Å². The molecule has 0 saturated heterocycles. The van der Waals surface area contributed by atoms with Crippen LogP contribution in [0, 0.1) is 0 Å². The van der Waals surface area contributed by atoms with Gasteiger partial charge in [0.05, 0.1) is 6.61 Å². The maximum atomic E-state index is 12.1. The van der Waals surface area contributed by atoms with E-state index in [1.807, 2.05) is 48.5 Å². The fourth-order valence-corrected chi connectivity index (χ4v) is 2.11. The summed E-state index contributed by atoms with van der Waals surface area (Å²) < 4.78 is 0. The third kappa shape index (κ3) is 4.41. The fourth-order valence-electron chi connectivity index (χ4n) is 2.11. The lowest BCUT2D eigenvalue weighted by Gasteiger charge is -2.07. The number of nitrogens with two attached hydrogens (primary N) is 1. The molecule has 1 amide bonds. The molecule has 2 aromatic carbocycles. The maximum absolute atomic E-state index is 12.1. The topological polar surface area (TPSA) is 75.4 Å². The van der Waals surface area contributed by atoms with Crippen LogP contribution in [0.15, 0.2) is 48.5 Å². The van der Waals surface area contributed by atoms with Crippen LogP contribution in [-0.2, 0) is 19.6 Å². The van der Waals surface area contributed by atoms with Crippen LogP contribution in [0.25, 0.3) is 0 Å². The summed E-state index contributed by atoms with van der Waals surface area (Å²) in [6, 6.07) is 15.0. The molecule has 0 radical (unpaired) electrons. The summed E-state index contributed by atoms with van der Waals surface area (Å²) in [6.45, 7) is 1.05. The van der Waals surface area contributed by atoms with Crippen LogP contribution in [0.3, 0.4) is 0 Å². The number of aliphatic hydroxyl groups excluding tert-OH is 1. The number of benzene rings is 2. The summed E-state index contributed by atoms with van der Waals surface area (Å²) in [5, 5.41) is 12.0. The molecule has 0 fully saturated rings. The van der Waals surface area contributed by atoms with Gasteiger partial charge in [-0.15, -0.1) is 0 Å². The predicted octanol–water partition coefficient (Wildman–Crippen LogP) is 1.61. The van der Waals surface area contributed by atoms with Crippen molar-refractivity contribution in [2.24, 2.45) is 5.73 Å². The van der Waals surface area contributed by atoms with Gasteiger partial charge in [-0.1, -0.05) is 36.4 Å². The zero-order chi connectivity index (χ0) is 15.1. The van der Waals surface area contributed by atoms with E-state index in [9.17, 15) is 4.79 Å². The summed E-state index contributed by atoms with van der Waals surface area (Å²) in [4.78, 5) is 12.1. The highest BCUT2D eigenvalue weighted by Crippen LogP contribution is 2.07.